The van der Waals surface area contributed by atoms with Gasteiger partial charge in [-0.05, 0) is 36.8 Å². The van der Waals surface area contributed by atoms with E-state index in [4.69, 9.17) is 21.6 Å². The normalized spacial score (nSPS) is 9.79. The van der Waals surface area contributed by atoms with Gasteiger partial charge in [-0.15, -0.1) is 0 Å². The van der Waals surface area contributed by atoms with Crippen LogP contribution in [0.25, 0.3) is 0 Å². The maximum Gasteiger partial charge on any atom is 0.121 e. The Bertz CT molecular complexity index is 647. The second-order valence-electron chi connectivity index (χ2n) is 4.13. The second kappa shape index (κ2) is 5.64. The molecule has 19 heavy (non-hydrogen) atoms. The number of nitriles is 1. The van der Waals surface area contributed by atoms with Crippen LogP contribution in [0.1, 0.15) is 11.1 Å². The van der Waals surface area contributed by atoms with Crippen LogP contribution in [-0.2, 0) is 0 Å². The molecule has 0 saturated heterocycles. The van der Waals surface area contributed by atoms with Crippen molar-refractivity contribution in [2.75, 3.05) is 12.4 Å². The summed E-state index contributed by atoms with van der Waals surface area (Å²) in [6, 6.07) is 13.1. The van der Waals surface area contributed by atoms with E-state index in [9.17, 15) is 0 Å². The van der Waals surface area contributed by atoms with Gasteiger partial charge in [0, 0.05) is 6.07 Å². The van der Waals surface area contributed by atoms with E-state index < -0.39 is 0 Å². The highest BCUT2D eigenvalue weighted by Crippen LogP contribution is 2.30. The monoisotopic (exact) mass is 272 g/mol. The SMILES string of the molecule is COc1ccc(C#N)c(Nc2ccc(C)cc2Cl)c1. The van der Waals surface area contributed by atoms with E-state index in [1.54, 1.807) is 25.3 Å². The predicted molar refractivity (Wildman–Crippen MR) is 77.2 cm³/mol. The van der Waals surface area contributed by atoms with Gasteiger partial charge >= 0.3 is 0 Å². The van der Waals surface area contributed by atoms with E-state index >= 15 is 0 Å². The Morgan fingerprint density at radius 3 is 2.58 bits per heavy atom. The maximum atomic E-state index is 9.11. The Morgan fingerprint density at radius 1 is 1.16 bits per heavy atom. The molecule has 0 amide bonds. The molecule has 2 aromatic carbocycles. The lowest BCUT2D eigenvalue weighted by molar-refractivity contribution is 0.415. The lowest BCUT2D eigenvalue weighted by atomic mass is 10.1. The third-order valence-electron chi connectivity index (χ3n) is 2.74. The number of nitrogens with one attached hydrogen (secondary N) is 1. The average Bonchev–Trinajstić information content (AvgIpc) is 2.41. The highest BCUT2D eigenvalue weighted by molar-refractivity contribution is 6.33. The first-order valence-electron chi connectivity index (χ1n) is 5.75. The minimum atomic E-state index is 0.539. The molecule has 0 saturated carbocycles. The van der Waals surface area contributed by atoms with Crippen LogP contribution in [-0.4, -0.2) is 7.11 Å². The van der Waals surface area contributed by atoms with Crippen molar-refractivity contribution in [3.63, 3.8) is 0 Å². The van der Waals surface area contributed by atoms with Crippen LogP contribution in [0.5, 0.6) is 5.75 Å². The van der Waals surface area contributed by atoms with Gasteiger partial charge in [-0.25, -0.2) is 0 Å². The zero-order valence-corrected chi connectivity index (χ0v) is 11.5. The maximum absolute atomic E-state index is 9.11. The van der Waals surface area contributed by atoms with Gasteiger partial charge in [0.05, 0.1) is 29.1 Å². The number of anilines is 2. The zero-order valence-electron chi connectivity index (χ0n) is 10.7. The van der Waals surface area contributed by atoms with Crippen LogP contribution in [0.15, 0.2) is 36.4 Å². The number of hydrogen-bond donors (Lipinski definition) is 1. The lowest BCUT2D eigenvalue weighted by Crippen LogP contribution is -1.96. The van der Waals surface area contributed by atoms with Gasteiger partial charge in [-0.3, -0.25) is 0 Å². The minimum Gasteiger partial charge on any atom is -0.497 e. The molecular weight excluding hydrogens is 260 g/mol. The number of aryl methyl sites for hydroxylation is 1. The molecule has 2 aromatic rings. The lowest BCUT2D eigenvalue weighted by Gasteiger charge is -2.11. The molecule has 0 unspecified atom stereocenters. The molecular formula is C15H13ClN2O. The Balaban J connectivity index is 2.39. The van der Waals surface area contributed by atoms with Crippen molar-refractivity contribution in [3.8, 4) is 11.8 Å². The Morgan fingerprint density at radius 2 is 1.95 bits per heavy atom. The fourth-order valence-corrected chi connectivity index (χ4v) is 2.00. The molecule has 0 aliphatic rings. The molecule has 0 aromatic heterocycles. The van der Waals surface area contributed by atoms with Crippen molar-refractivity contribution < 1.29 is 4.74 Å². The zero-order chi connectivity index (χ0) is 13.8. The summed E-state index contributed by atoms with van der Waals surface area (Å²) in [7, 11) is 1.59. The first kappa shape index (κ1) is 13.3. The summed E-state index contributed by atoms with van der Waals surface area (Å²) >= 11 is 6.17. The molecule has 3 nitrogen and oxygen atoms in total. The van der Waals surface area contributed by atoms with Gasteiger partial charge in [0.2, 0.25) is 0 Å². The second-order valence-corrected chi connectivity index (χ2v) is 4.54. The first-order chi connectivity index (χ1) is 9.13. The molecule has 96 valence electrons. The molecule has 0 fully saturated rings. The van der Waals surface area contributed by atoms with Gasteiger partial charge in [0.1, 0.15) is 11.8 Å². The molecule has 0 aliphatic heterocycles. The van der Waals surface area contributed by atoms with Gasteiger partial charge < -0.3 is 10.1 Å². The minimum absolute atomic E-state index is 0.539. The Labute approximate surface area is 117 Å². The number of rotatable bonds is 3. The van der Waals surface area contributed by atoms with E-state index in [1.165, 1.54) is 0 Å². The van der Waals surface area contributed by atoms with Crippen LogP contribution in [0.4, 0.5) is 11.4 Å². The topological polar surface area (TPSA) is 45.0 Å². The number of hydrogen-bond acceptors (Lipinski definition) is 3. The average molecular weight is 273 g/mol. The summed E-state index contributed by atoms with van der Waals surface area (Å²) in [6.07, 6.45) is 0. The van der Waals surface area contributed by atoms with Gasteiger partial charge in [-0.1, -0.05) is 17.7 Å². The summed E-state index contributed by atoms with van der Waals surface area (Å²) in [5.74, 6) is 0.685. The van der Waals surface area contributed by atoms with Crippen LogP contribution in [0.3, 0.4) is 0 Å². The number of ether oxygens (including phenoxy) is 1. The molecule has 0 atom stereocenters. The van der Waals surface area contributed by atoms with E-state index in [0.29, 0.717) is 22.0 Å². The molecule has 0 bridgehead atoms. The highest BCUT2D eigenvalue weighted by Gasteiger charge is 2.07. The van der Waals surface area contributed by atoms with Crippen LogP contribution in [0.2, 0.25) is 5.02 Å². The standard InChI is InChI=1S/C15H13ClN2O/c1-10-3-6-14(13(16)7-10)18-15-8-12(19-2)5-4-11(15)9-17/h3-8,18H,1-2H3. The molecule has 0 aliphatic carbocycles. The third kappa shape index (κ3) is 2.98. The number of benzene rings is 2. The van der Waals surface area contributed by atoms with E-state index in [2.05, 4.69) is 11.4 Å². The molecule has 0 spiro atoms. The number of methoxy groups -OCH3 is 1. The fraction of sp³-hybridized carbons (Fsp3) is 0.133. The van der Waals surface area contributed by atoms with E-state index in [0.717, 1.165) is 11.3 Å². The molecule has 0 heterocycles. The van der Waals surface area contributed by atoms with Crippen LogP contribution >= 0.6 is 11.6 Å². The van der Waals surface area contributed by atoms with Crippen molar-refractivity contribution >= 4 is 23.0 Å². The van der Waals surface area contributed by atoms with E-state index in [-0.39, 0.29) is 0 Å². The molecule has 1 N–H and O–H groups in total. The number of nitrogens with zero attached hydrogens (tertiary/aromatic N) is 1. The van der Waals surface area contributed by atoms with E-state index in [1.807, 2.05) is 25.1 Å². The highest BCUT2D eigenvalue weighted by atomic mass is 35.5. The van der Waals surface area contributed by atoms with Crippen molar-refractivity contribution in [2.45, 2.75) is 6.92 Å². The first-order valence-corrected chi connectivity index (χ1v) is 6.13. The van der Waals surface area contributed by atoms with Crippen LogP contribution in [0, 0.1) is 18.3 Å². The summed E-state index contributed by atoms with van der Waals surface area (Å²) in [5.41, 5.74) is 3.06. The Hall–Kier alpha value is -2.18. The third-order valence-corrected chi connectivity index (χ3v) is 3.05. The predicted octanol–water partition coefficient (Wildman–Crippen LogP) is 4.27. The summed E-state index contributed by atoms with van der Waals surface area (Å²) in [6.45, 7) is 1.97. The van der Waals surface area contributed by atoms with Crippen molar-refractivity contribution in [2.24, 2.45) is 0 Å². The molecule has 4 heteroatoms. The number of halogens is 1. The van der Waals surface area contributed by atoms with Crippen LogP contribution < -0.4 is 10.1 Å². The van der Waals surface area contributed by atoms with Crippen molar-refractivity contribution in [3.05, 3.63) is 52.5 Å². The summed E-state index contributed by atoms with van der Waals surface area (Å²) in [5, 5.41) is 12.9. The van der Waals surface area contributed by atoms with Gasteiger partial charge in [-0.2, -0.15) is 5.26 Å². The molecule has 0 radical (unpaired) electrons. The summed E-state index contributed by atoms with van der Waals surface area (Å²) < 4.78 is 5.16. The quantitative estimate of drug-likeness (QED) is 0.907. The summed E-state index contributed by atoms with van der Waals surface area (Å²) in [4.78, 5) is 0. The van der Waals surface area contributed by atoms with Crippen molar-refractivity contribution in [1.29, 1.82) is 5.26 Å². The van der Waals surface area contributed by atoms with Gasteiger partial charge in [0.15, 0.2) is 0 Å². The Kier molecular flexibility index (Phi) is 3.94. The van der Waals surface area contributed by atoms with Crippen molar-refractivity contribution in [1.82, 2.24) is 0 Å². The van der Waals surface area contributed by atoms with Gasteiger partial charge in [0.25, 0.3) is 0 Å². The fourth-order valence-electron chi connectivity index (χ4n) is 1.72. The molecule has 2 rings (SSSR count). The largest absolute Gasteiger partial charge is 0.497 e. The smallest absolute Gasteiger partial charge is 0.121 e.